The van der Waals surface area contributed by atoms with E-state index in [0.717, 1.165) is 12.1 Å². The Morgan fingerprint density at radius 1 is 0.941 bits per heavy atom. The highest BCUT2D eigenvalue weighted by Gasteiger charge is 2.30. The van der Waals surface area contributed by atoms with Crippen LogP contribution in [0.3, 0.4) is 0 Å². The second-order valence-corrected chi connectivity index (χ2v) is 3.16. The second kappa shape index (κ2) is 4.40. The predicted octanol–water partition coefficient (Wildman–Crippen LogP) is 3.29. The minimum atomic E-state index is -4.35. The van der Waals surface area contributed by atoms with Gasteiger partial charge in [-0.2, -0.15) is 13.2 Å². The van der Waals surface area contributed by atoms with Gasteiger partial charge in [0.05, 0.1) is 5.56 Å². The molecule has 0 atom stereocenters. The first-order chi connectivity index (χ1) is 8.05. The first-order valence-electron chi connectivity index (χ1n) is 4.68. The molecule has 0 saturated carbocycles. The lowest BCUT2D eigenvalue weighted by Gasteiger charge is -2.07. The van der Waals surface area contributed by atoms with E-state index in [1.807, 2.05) is 0 Å². The third-order valence-corrected chi connectivity index (χ3v) is 1.93. The quantitative estimate of drug-likeness (QED) is 0.807. The molecule has 6 heteroatoms. The number of hydrogen-bond acceptors (Lipinski definition) is 3. The summed E-state index contributed by atoms with van der Waals surface area (Å²) >= 11 is 0. The standard InChI is InChI=1S/C11H7F3N2O/c12-11(13,14)8-2-4-9(5-3-8)17-10-15-6-1-7-16-10/h1-7H. The molecular weight excluding hydrogens is 233 g/mol. The van der Waals surface area contributed by atoms with Gasteiger partial charge in [0.2, 0.25) is 0 Å². The van der Waals surface area contributed by atoms with Crippen LogP contribution in [0.2, 0.25) is 0 Å². The molecule has 0 aliphatic heterocycles. The predicted molar refractivity (Wildman–Crippen MR) is 53.6 cm³/mol. The van der Waals surface area contributed by atoms with E-state index in [9.17, 15) is 13.2 Å². The number of nitrogens with zero attached hydrogens (tertiary/aromatic N) is 2. The maximum absolute atomic E-state index is 12.3. The van der Waals surface area contributed by atoms with Crippen LogP contribution in [0, 0.1) is 0 Å². The molecule has 2 aromatic rings. The van der Waals surface area contributed by atoms with Crippen LogP contribution >= 0.6 is 0 Å². The van der Waals surface area contributed by atoms with Gasteiger partial charge in [0.25, 0.3) is 0 Å². The summed E-state index contributed by atoms with van der Waals surface area (Å²) in [6, 6.07) is 6.03. The van der Waals surface area contributed by atoms with Crippen molar-refractivity contribution >= 4 is 0 Å². The molecule has 0 N–H and O–H groups in total. The van der Waals surface area contributed by atoms with Gasteiger partial charge in [-0.05, 0) is 30.3 Å². The zero-order valence-electron chi connectivity index (χ0n) is 8.48. The number of alkyl halides is 3. The van der Waals surface area contributed by atoms with Crippen LogP contribution in [-0.2, 0) is 6.18 Å². The number of rotatable bonds is 2. The van der Waals surface area contributed by atoms with E-state index in [1.54, 1.807) is 6.07 Å². The summed E-state index contributed by atoms with van der Waals surface area (Å²) in [4.78, 5) is 7.58. The maximum atomic E-state index is 12.3. The fourth-order valence-electron chi connectivity index (χ4n) is 1.16. The Labute approximate surface area is 94.9 Å². The number of ether oxygens (including phenoxy) is 1. The largest absolute Gasteiger partial charge is 0.424 e. The summed E-state index contributed by atoms with van der Waals surface area (Å²) in [5.74, 6) is 0.254. The van der Waals surface area contributed by atoms with Gasteiger partial charge in [0.15, 0.2) is 0 Å². The molecule has 0 unspecified atom stereocenters. The molecular formula is C11H7F3N2O. The summed E-state index contributed by atoms with van der Waals surface area (Å²) in [6.45, 7) is 0. The van der Waals surface area contributed by atoms with E-state index in [2.05, 4.69) is 9.97 Å². The highest BCUT2D eigenvalue weighted by Crippen LogP contribution is 2.30. The Balaban J connectivity index is 2.14. The zero-order valence-corrected chi connectivity index (χ0v) is 8.48. The van der Waals surface area contributed by atoms with Gasteiger partial charge < -0.3 is 4.74 Å². The molecule has 1 aromatic carbocycles. The van der Waals surface area contributed by atoms with Gasteiger partial charge in [0, 0.05) is 12.4 Å². The Morgan fingerprint density at radius 2 is 1.53 bits per heavy atom. The van der Waals surface area contributed by atoms with Crippen molar-refractivity contribution in [1.82, 2.24) is 9.97 Å². The van der Waals surface area contributed by atoms with Crippen molar-refractivity contribution in [2.75, 3.05) is 0 Å². The lowest BCUT2D eigenvalue weighted by Crippen LogP contribution is -2.04. The number of aromatic nitrogens is 2. The van der Waals surface area contributed by atoms with Gasteiger partial charge in [-0.1, -0.05) is 0 Å². The van der Waals surface area contributed by atoms with E-state index < -0.39 is 11.7 Å². The number of hydrogen-bond donors (Lipinski definition) is 0. The van der Waals surface area contributed by atoms with Gasteiger partial charge in [0.1, 0.15) is 5.75 Å². The average molecular weight is 240 g/mol. The van der Waals surface area contributed by atoms with Crippen LogP contribution in [0.5, 0.6) is 11.8 Å². The number of benzene rings is 1. The minimum absolute atomic E-state index is 0.0901. The monoisotopic (exact) mass is 240 g/mol. The van der Waals surface area contributed by atoms with E-state index in [1.165, 1.54) is 24.5 Å². The van der Waals surface area contributed by atoms with E-state index >= 15 is 0 Å². The Morgan fingerprint density at radius 3 is 2.06 bits per heavy atom. The van der Waals surface area contributed by atoms with Gasteiger partial charge in [-0.15, -0.1) is 0 Å². The zero-order chi connectivity index (χ0) is 12.3. The molecule has 0 aliphatic carbocycles. The van der Waals surface area contributed by atoms with Crippen molar-refractivity contribution in [2.24, 2.45) is 0 Å². The van der Waals surface area contributed by atoms with Crippen LogP contribution < -0.4 is 4.74 Å². The van der Waals surface area contributed by atoms with Gasteiger partial charge in [-0.3, -0.25) is 0 Å². The first-order valence-corrected chi connectivity index (χ1v) is 4.68. The lowest BCUT2D eigenvalue weighted by atomic mass is 10.2. The smallest absolute Gasteiger partial charge is 0.416 e. The molecule has 1 aromatic heterocycles. The van der Waals surface area contributed by atoms with Crippen molar-refractivity contribution in [1.29, 1.82) is 0 Å². The Kier molecular flexibility index (Phi) is 2.95. The fourth-order valence-corrected chi connectivity index (χ4v) is 1.16. The summed E-state index contributed by atoms with van der Waals surface area (Å²) in [6.07, 6.45) is -1.39. The normalized spacial score (nSPS) is 11.2. The summed E-state index contributed by atoms with van der Waals surface area (Å²) in [5.41, 5.74) is -0.723. The van der Waals surface area contributed by atoms with Crippen LogP contribution in [0.1, 0.15) is 5.56 Å². The molecule has 0 saturated heterocycles. The molecule has 3 nitrogen and oxygen atoms in total. The fraction of sp³-hybridized carbons (Fsp3) is 0.0909. The summed E-state index contributed by atoms with van der Waals surface area (Å²) in [7, 11) is 0. The van der Waals surface area contributed by atoms with Crippen LogP contribution in [0.25, 0.3) is 0 Å². The van der Waals surface area contributed by atoms with E-state index in [-0.39, 0.29) is 11.8 Å². The second-order valence-electron chi connectivity index (χ2n) is 3.16. The number of halogens is 3. The molecule has 88 valence electrons. The van der Waals surface area contributed by atoms with Gasteiger partial charge in [-0.25, -0.2) is 9.97 Å². The molecule has 0 radical (unpaired) electrons. The molecule has 0 spiro atoms. The van der Waals surface area contributed by atoms with Crippen molar-refractivity contribution in [2.45, 2.75) is 6.18 Å². The van der Waals surface area contributed by atoms with Crippen molar-refractivity contribution in [3.8, 4) is 11.8 Å². The molecule has 0 bridgehead atoms. The minimum Gasteiger partial charge on any atom is -0.424 e. The van der Waals surface area contributed by atoms with Crippen molar-refractivity contribution < 1.29 is 17.9 Å². The van der Waals surface area contributed by atoms with Crippen LogP contribution in [-0.4, -0.2) is 9.97 Å². The third kappa shape index (κ3) is 2.93. The Bertz CT molecular complexity index is 482. The lowest BCUT2D eigenvalue weighted by molar-refractivity contribution is -0.137. The van der Waals surface area contributed by atoms with E-state index in [0.29, 0.717) is 0 Å². The molecule has 0 aliphatic rings. The summed E-state index contributed by atoms with van der Waals surface area (Å²) in [5, 5.41) is 0. The van der Waals surface area contributed by atoms with Crippen molar-refractivity contribution in [3.05, 3.63) is 48.3 Å². The molecule has 17 heavy (non-hydrogen) atoms. The SMILES string of the molecule is FC(F)(F)c1ccc(Oc2ncccn2)cc1. The van der Waals surface area contributed by atoms with E-state index in [4.69, 9.17) is 4.74 Å². The maximum Gasteiger partial charge on any atom is 0.416 e. The average Bonchev–Trinajstić information content (AvgIpc) is 2.30. The van der Waals surface area contributed by atoms with Crippen LogP contribution in [0.4, 0.5) is 13.2 Å². The highest BCUT2D eigenvalue weighted by molar-refractivity contribution is 5.30. The Hall–Kier alpha value is -2.11. The molecule has 2 rings (SSSR count). The molecule has 0 amide bonds. The third-order valence-electron chi connectivity index (χ3n) is 1.93. The van der Waals surface area contributed by atoms with Crippen LogP contribution in [0.15, 0.2) is 42.7 Å². The summed E-state index contributed by atoms with van der Waals surface area (Å²) < 4.78 is 42.0. The molecule has 1 heterocycles. The topological polar surface area (TPSA) is 35.0 Å². The highest BCUT2D eigenvalue weighted by atomic mass is 19.4. The molecule has 0 fully saturated rings. The first kappa shape index (κ1) is 11.4. The van der Waals surface area contributed by atoms with Gasteiger partial charge >= 0.3 is 12.2 Å². The van der Waals surface area contributed by atoms with Crippen molar-refractivity contribution in [3.63, 3.8) is 0 Å².